The molecule has 0 aromatic heterocycles. The summed E-state index contributed by atoms with van der Waals surface area (Å²) >= 11 is 0. The lowest BCUT2D eigenvalue weighted by atomic mass is 9.71. The monoisotopic (exact) mass is 288 g/mol. The van der Waals surface area contributed by atoms with Gasteiger partial charge in [-0.3, -0.25) is 4.79 Å². The summed E-state index contributed by atoms with van der Waals surface area (Å²) in [6.07, 6.45) is 7.42. The Morgan fingerprint density at radius 3 is 2.48 bits per heavy atom. The van der Waals surface area contributed by atoms with Crippen molar-refractivity contribution in [3.8, 4) is 0 Å². The van der Waals surface area contributed by atoms with Gasteiger partial charge in [0.15, 0.2) is 0 Å². The molecule has 116 valence electrons. The van der Waals surface area contributed by atoms with Crippen molar-refractivity contribution < 1.29 is 4.79 Å². The van der Waals surface area contributed by atoms with E-state index in [9.17, 15) is 4.79 Å². The molecule has 0 heterocycles. The van der Waals surface area contributed by atoms with Crippen LogP contribution in [0.4, 0.5) is 0 Å². The highest BCUT2D eigenvalue weighted by Gasteiger charge is 2.32. The molecule has 3 nitrogen and oxygen atoms in total. The quantitative estimate of drug-likeness (QED) is 0.845. The van der Waals surface area contributed by atoms with Crippen LogP contribution in [0.2, 0.25) is 0 Å². The van der Waals surface area contributed by atoms with Gasteiger partial charge in [-0.2, -0.15) is 0 Å². The van der Waals surface area contributed by atoms with E-state index in [0.717, 1.165) is 19.3 Å². The molecule has 1 aromatic rings. The van der Waals surface area contributed by atoms with Crippen molar-refractivity contribution in [2.75, 3.05) is 13.1 Å². The zero-order valence-corrected chi connectivity index (χ0v) is 13.2. The number of nitrogens with two attached hydrogens (primary N) is 1. The van der Waals surface area contributed by atoms with Crippen molar-refractivity contribution in [2.24, 2.45) is 11.1 Å². The van der Waals surface area contributed by atoms with Gasteiger partial charge in [0.2, 0.25) is 5.91 Å². The molecular weight excluding hydrogens is 260 g/mol. The standard InChI is InChI=1S/C18H28N2O/c1-15-5-7-16(8-6-15)9-12-20-17(21)13-18(14-19)10-3-2-4-11-18/h5-8H,2-4,9-14,19H2,1H3,(H,20,21). The molecule has 0 saturated heterocycles. The first-order chi connectivity index (χ1) is 10.1. The second kappa shape index (κ2) is 7.60. The summed E-state index contributed by atoms with van der Waals surface area (Å²) in [6.45, 7) is 3.43. The molecule has 0 spiro atoms. The Labute approximate surface area is 128 Å². The molecule has 1 saturated carbocycles. The molecule has 0 aliphatic heterocycles. The van der Waals surface area contributed by atoms with Gasteiger partial charge in [0, 0.05) is 13.0 Å². The molecule has 3 heteroatoms. The summed E-state index contributed by atoms with van der Waals surface area (Å²) in [7, 11) is 0. The summed E-state index contributed by atoms with van der Waals surface area (Å²) in [4.78, 5) is 12.2. The minimum absolute atomic E-state index is 0.0617. The van der Waals surface area contributed by atoms with E-state index in [4.69, 9.17) is 5.73 Å². The van der Waals surface area contributed by atoms with Crippen molar-refractivity contribution in [3.63, 3.8) is 0 Å². The van der Waals surface area contributed by atoms with Gasteiger partial charge in [0.1, 0.15) is 0 Å². The van der Waals surface area contributed by atoms with Crippen LogP contribution >= 0.6 is 0 Å². The Hall–Kier alpha value is -1.35. The van der Waals surface area contributed by atoms with Gasteiger partial charge >= 0.3 is 0 Å². The van der Waals surface area contributed by atoms with Crippen LogP contribution in [-0.4, -0.2) is 19.0 Å². The predicted molar refractivity (Wildman–Crippen MR) is 87.1 cm³/mol. The van der Waals surface area contributed by atoms with E-state index in [0.29, 0.717) is 19.5 Å². The lowest BCUT2D eigenvalue weighted by Crippen LogP contribution is -2.39. The number of carbonyl (C=O) groups is 1. The molecule has 1 aliphatic rings. The second-order valence-electron chi connectivity index (χ2n) is 6.53. The number of hydrogen-bond acceptors (Lipinski definition) is 2. The van der Waals surface area contributed by atoms with E-state index < -0.39 is 0 Å². The van der Waals surface area contributed by atoms with Gasteiger partial charge in [-0.05, 0) is 43.7 Å². The Morgan fingerprint density at radius 1 is 1.19 bits per heavy atom. The van der Waals surface area contributed by atoms with Crippen molar-refractivity contribution in [2.45, 2.75) is 51.9 Å². The molecule has 1 amide bonds. The molecule has 0 atom stereocenters. The zero-order chi connectivity index (χ0) is 15.1. The van der Waals surface area contributed by atoms with E-state index in [2.05, 4.69) is 36.5 Å². The summed E-state index contributed by atoms with van der Waals surface area (Å²) in [5.74, 6) is 0.162. The fourth-order valence-electron chi connectivity index (χ4n) is 3.26. The van der Waals surface area contributed by atoms with Crippen LogP contribution in [0.5, 0.6) is 0 Å². The van der Waals surface area contributed by atoms with Crippen LogP contribution in [-0.2, 0) is 11.2 Å². The third-order valence-electron chi connectivity index (χ3n) is 4.74. The van der Waals surface area contributed by atoms with E-state index in [1.165, 1.54) is 30.4 Å². The van der Waals surface area contributed by atoms with Crippen LogP contribution in [0.1, 0.15) is 49.7 Å². The number of rotatable bonds is 6. The average Bonchev–Trinajstić information content (AvgIpc) is 2.50. The molecule has 0 bridgehead atoms. The number of nitrogens with one attached hydrogen (secondary N) is 1. The molecule has 1 aliphatic carbocycles. The van der Waals surface area contributed by atoms with E-state index in [1.54, 1.807) is 0 Å². The zero-order valence-electron chi connectivity index (χ0n) is 13.2. The second-order valence-corrected chi connectivity index (χ2v) is 6.53. The summed E-state index contributed by atoms with van der Waals surface area (Å²) in [6, 6.07) is 8.49. The first-order valence-electron chi connectivity index (χ1n) is 8.16. The van der Waals surface area contributed by atoms with Gasteiger partial charge < -0.3 is 11.1 Å². The lowest BCUT2D eigenvalue weighted by Gasteiger charge is -2.35. The largest absolute Gasteiger partial charge is 0.356 e. The Bertz CT molecular complexity index is 447. The number of benzene rings is 1. The number of aryl methyl sites for hydroxylation is 1. The maximum atomic E-state index is 12.2. The van der Waals surface area contributed by atoms with Crippen LogP contribution in [0.3, 0.4) is 0 Å². The van der Waals surface area contributed by atoms with Crippen LogP contribution in [0.25, 0.3) is 0 Å². The highest BCUT2D eigenvalue weighted by atomic mass is 16.1. The maximum absolute atomic E-state index is 12.2. The van der Waals surface area contributed by atoms with E-state index in [-0.39, 0.29) is 11.3 Å². The summed E-state index contributed by atoms with van der Waals surface area (Å²) in [5, 5.41) is 3.06. The third kappa shape index (κ3) is 4.85. The van der Waals surface area contributed by atoms with Crippen molar-refractivity contribution in [3.05, 3.63) is 35.4 Å². The molecular formula is C18H28N2O. The smallest absolute Gasteiger partial charge is 0.220 e. The van der Waals surface area contributed by atoms with Crippen molar-refractivity contribution in [1.29, 1.82) is 0 Å². The van der Waals surface area contributed by atoms with Gasteiger partial charge in [-0.15, -0.1) is 0 Å². The fourth-order valence-corrected chi connectivity index (χ4v) is 3.26. The number of carbonyl (C=O) groups excluding carboxylic acids is 1. The number of hydrogen-bond donors (Lipinski definition) is 2. The molecule has 21 heavy (non-hydrogen) atoms. The third-order valence-corrected chi connectivity index (χ3v) is 4.74. The minimum atomic E-state index is 0.0617. The van der Waals surface area contributed by atoms with Crippen molar-refractivity contribution >= 4 is 5.91 Å². The Balaban J connectivity index is 1.75. The molecule has 1 aromatic carbocycles. The van der Waals surface area contributed by atoms with Crippen LogP contribution in [0.15, 0.2) is 24.3 Å². The highest BCUT2D eigenvalue weighted by molar-refractivity contribution is 5.76. The molecule has 3 N–H and O–H groups in total. The summed E-state index contributed by atoms with van der Waals surface area (Å²) < 4.78 is 0. The van der Waals surface area contributed by atoms with Crippen LogP contribution in [0, 0.1) is 12.3 Å². The normalized spacial score (nSPS) is 17.4. The van der Waals surface area contributed by atoms with Gasteiger partial charge in [-0.1, -0.05) is 49.1 Å². The first kappa shape index (κ1) is 16.0. The predicted octanol–water partition coefficient (Wildman–Crippen LogP) is 2.95. The first-order valence-corrected chi connectivity index (χ1v) is 8.16. The molecule has 0 unspecified atom stereocenters. The van der Waals surface area contributed by atoms with Gasteiger partial charge in [-0.25, -0.2) is 0 Å². The van der Waals surface area contributed by atoms with Crippen LogP contribution < -0.4 is 11.1 Å². The summed E-state index contributed by atoms with van der Waals surface area (Å²) in [5.41, 5.74) is 8.54. The highest BCUT2D eigenvalue weighted by Crippen LogP contribution is 2.38. The Kier molecular flexibility index (Phi) is 5.80. The molecule has 0 radical (unpaired) electrons. The maximum Gasteiger partial charge on any atom is 0.220 e. The van der Waals surface area contributed by atoms with Gasteiger partial charge in [0.25, 0.3) is 0 Å². The topological polar surface area (TPSA) is 55.1 Å². The molecule has 2 rings (SSSR count). The lowest BCUT2D eigenvalue weighted by molar-refractivity contribution is -0.123. The fraction of sp³-hybridized carbons (Fsp3) is 0.611. The molecule has 1 fully saturated rings. The Morgan fingerprint density at radius 2 is 1.86 bits per heavy atom. The average molecular weight is 288 g/mol. The number of amides is 1. The van der Waals surface area contributed by atoms with Gasteiger partial charge in [0.05, 0.1) is 0 Å². The van der Waals surface area contributed by atoms with E-state index >= 15 is 0 Å². The minimum Gasteiger partial charge on any atom is -0.356 e. The van der Waals surface area contributed by atoms with E-state index in [1.807, 2.05) is 0 Å². The van der Waals surface area contributed by atoms with Crippen molar-refractivity contribution in [1.82, 2.24) is 5.32 Å². The SMILES string of the molecule is Cc1ccc(CCNC(=O)CC2(CN)CCCCC2)cc1.